The molecule has 0 aliphatic carbocycles. The number of para-hydroxylation sites is 1. The Hall–Kier alpha value is -1.38. The maximum Gasteiger partial charge on any atom is 0.0693 e. The van der Waals surface area contributed by atoms with Crippen molar-refractivity contribution in [1.29, 1.82) is 0 Å². The standard InChI is InChI=1S/C16H18Cl2N2/c1-3-20(15-7-5-4-6-11(15)2)10-12-8-13(17)16(19)14(18)9-12/h4-9H,3,10,19H2,1-2H3. The molecule has 0 saturated carbocycles. The molecule has 0 saturated heterocycles. The van der Waals surface area contributed by atoms with Crippen molar-refractivity contribution in [3.8, 4) is 0 Å². The maximum atomic E-state index is 6.10. The van der Waals surface area contributed by atoms with E-state index >= 15 is 0 Å². The van der Waals surface area contributed by atoms with Crippen LogP contribution in [0.4, 0.5) is 11.4 Å². The Balaban J connectivity index is 2.30. The van der Waals surface area contributed by atoms with Crippen LogP contribution in [0.15, 0.2) is 36.4 Å². The van der Waals surface area contributed by atoms with Crippen LogP contribution in [0.5, 0.6) is 0 Å². The van der Waals surface area contributed by atoms with Crippen LogP contribution in [0.25, 0.3) is 0 Å². The Kier molecular flexibility index (Phi) is 4.79. The first-order valence-corrected chi connectivity index (χ1v) is 7.32. The van der Waals surface area contributed by atoms with Crippen molar-refractivity contribution in [2.45, 2.75) is 20.4 Å². The average Bonchev–Trinajstić information content (AvgIpc) is 2.43. The molecule has 0 fully saturated rings. The minimum absolute atomic E-state index is 0.441. The lowest BCUT2D eigenvalue weighted by molar-refractivity contribution is 0.828. The van der Waals surface area contributed by atoms with Crippen LogP contribution in [0, 0.1) is 6.92 Å². The molecule has 2 rings (SSSR count). The molecule has 106 valence electrons. The molecule has 0 amide bonds. The summed E-state index contributed by atoms with van der Waals surface area (Å²) in [5, 5.41) is 1.02. The number of nitrogens with zero attached hydrogens (tertiary/aromatic N) is 1. The minimum atomic E-state index is 0.441. The second kappa shape index (κ2) is 6.38. The number of hydrogen-bond acceptors (Lipinski definition) is 2. The first kappa shape index (κ1) is 15.0. The first-order valence-electron chi connectivity index (χ1n) is 6.57. The van der Waals surface area contributed by atoms with E-state index in [2.05, 4.69) is 30.9 Å². The number of hydrogen-bond donors (Lipinski definition) is 1. The van der Waals surface area contributed by atoms with E-state index in [9.17, 15) is 0 Å². The van der Waals surface area contributed by atoms with Gasteiger partial charge in [0.2, 0.25) is 0 Å². The highest BCUT2D eigenvalue weighted by Crippen LogP contribution is 2.30. The Bertz CT molecular complexity index is 588. The summed E-state index contributed by atoms with van der Waals surface area (Å²) in [4.78, 5) is 2.29. The van der Waals surface area contributed by atoms with Crippen LogP contribution in [0.2, 0.25) is 10.0 Å². The van der Waals surface area contributed by atoms with Crippen molar-refractivity contribution in [3.63, 3.8) is 0 Å². The predicted octanol–water partition coefficient (Wildman–Crippen LogP) is 4.91. The van der Waals surface area contributed by atoms with Gasteiger partial charge < -0.3 is 10.6 Å². The summed E-state index contributed by atoms with van der Waals surface area (Å²) in [5.74, 6) is 0. The van der Waals surface area contributed by atoms with Gasteiger partial charge in [-0.2, -0.15) is 0 Å². The summed E-state index contributed by atoms with van der Waals surface area (Å²) in [6.07, 6.45) is 0. The molecule has 2 nitrogen and oxygen atoms in total. The van der Waals surface area contributed by atoms with E-state index in [4.69, 9.17) is 28.9 Å². The molecule has 2 aromatic carbocycles. The molecule has 0 atom stereocenters. The van der Waals surface area contributed by atoms with Gasteiger partial charge in [-0.1, -0.05) is 41.4 Å². The highest BCUT2D eigenvalue weighted by Gasteiger charge is 2.10. The monoisotopic (exact) mass is 308 g/mol. The van der Waals surface area contributed by atoms with E-state index in [1.165, 1.54) is 11.3 Å². The quantitative estimate of drug-likeness (QED) is 0.813. The zero-order valence-electron chi connectivity index (χ0n) is 11.7. The number of rotatable bonds is 4. The Morgan fingerprint density at radius 2 is 1.70 bits per heavy atom. The number of halogens is 2. The average molecular weight is 309 g/mol. The first-order chi connectivity index (χ1) is 9.52. The van der Waals surface area contributed by atoms with Crippen LogP contribution in [0.1, 0.15) is 18.1 Å². The van der Waals surface area contributed by atoms with Crippen molar-refractivity contribution >= 4 is 34.6 Å². The van der Waals surface area contributed by atoms with Gasteiger partial charge in [0.25, 0.3) is 0 Å². The van der Waals surface area contributed by atoms with E-state index < -0.39 is 0 Å². The fourth-order valence-corrected chi connectivity index (χ4v) is 2.77. The molecule has 4 heteroatoms. The lowest BCUT2D eigenvalue weighted by atomic mass is 10.1. The topological polar surface area (TPSA) is 29.3 Å². The van der Waals surface area contributed by atoms with Gasteiger partial charge in [-0.15, -0.1) is 0 Å². The largest absolute Gasteiger partial charge is 0.396 e. The van der Waals surface area contributed by atoms with Gasteiger partial charge in [-0.05, 0) is 43.2 Å². The van der Waals surface area contributed by atoms with Gasteiger partial charge in [-0.3, -0.25) is 0 Å². The molecular formula is C16H18Cl2N2. The molecule has 0 heterocycles. The van der Waals surface area contributed by atoms with Gasteiger partial charge in [0.1, 0.15) is 0 Å². The molecule has 0 bridgehead atoms. The summed E-state index contributed by atoms with van der Waals surface area (Å²) >= 11 is 12.2. The van der Waals surface area contributed by atoms with Crippen LogP contribution in [-0.4, -0.2) is 6.54 Å². The predicted molar refractivity (Wildman–Crippen MR) is 88.8 cm³/mol. The van der Waals surface area contributed by atoms with Gasteiger partial charge >= 0.3 is 0 Å². The van der Waals surface area contributed by atoms with Crippen LogP contribution in [0.3, 0.4) is 0 Å². The fourth-order valence-electron chi connectivity index (χ4n) is 2.23. The second-order valence-corrected chi connectivity index (χ2v) is 5.59. The number of anilines is 2. The third kappa shape index (κ3) is 3.20. The summed E-state index contributed by atoms with van der Waals surface area (Å²) in [5.41, 5.74) is 9.74. The summed E-state index contributed by atoms with van der Waals surface area (Å²) in [6, 6.07) is 12.1. The number of aryl methyl sites for hydroxylation is 1. The van der Waals surface area contributed by atoms with E-state index in [1.54, 1.807) is 0 Å². The molecule has 20 heavy (non-hydrogen) atoms. The highest BCUT2D eigenvalue weighted by molar-refractivity contribution is 6.38. The van der Waals surface area contributed by atoms with E-state index in [-0.39, 0.29) is 0 Å². The molecule has 0 spiro atoms. The molecule has 2 N–H and O–H groups in total. The SMILES string of the molecule is CCN(Cc1cc(Cl)c(N)c(Cl)c1)c1ccccc1C. The van der Waals surface area contributed by atoms with Gasteiger partial charge in [0.15, 0.2) is 0 Å². The third-order valence-electron chi connectivity index (χ3n) is 3.35. The van der Waals surface area contributed by atoms with Crippen LogP contribution < -0.4 is 10.6 Å². The summed E-state index contributed by atoms with van der Waals surface area (Å²) in [7, 11) is 0. The molecule has 0 unspecified atom stereocenters. The number of benzene rings is 2. The third-order valence-corrected chi connectivity index (χ3v) is 3.98. The van der Waals surface area contributed by atoms with Crippen LogP contribution in [-0.2, 0) is 6.54 Å². The maximum absolute atomic E-state index is 6.10. The number of nitrogens with two attached hydrogens (primary N) is 1. The zero-order valence-corrected chi connectivity index (χ0v) is 13.2. The molecule has 0 aliphatic rings. The van der Waals surface area contributed by atoms with Crippen molar-refractivity contribution in [3.05, 3.63) is 57.6 Å². The highest BCUT2D eigenvalue weighted by atomic mass is 35.5. The lowest BCUT2D eigenvalue weighted by Crippen LogP contribution is -2.22. The molecular weight excluding hydrogens is 291 g/mol. The van der Waals surface area contributed by atoms with E-state index in [1.807, 2.05) is 24.3 Å². The van der Waals surface area contributed by atoms with Crippen molar-refractivity contribution in [2.24, 2.45) is 0 Å². The zero-order chi connectivity index (χ0) is 14.7. The van der Waals surface area contributed by atoms with Crippen LogP contribution >= 0.6 is 23.2 Å². The summed E-state index contributed by atoms with van der Waals surface area (Å²) in [6.45, 7) is 5.90. The molecule has 0 radical (unpaired) electrons. The summed E-state index contributed by atoms with van der Waals surface area (Å²) < 4.78 is 0. The molecule has 0 aliphatic heterocycles. The smallest absolute Gasteiger partial charge is 0.0693 e. The fraction of sp³-hybridized carbons (Fsp3) is 0.250. The van der Waals surface area contributed by atoms with Gasteiger partial charge in [0, 0.05) is 18.8 Å². The van der Waals surface area contributed by atoms with E-state index in [0.717, 1.165) is 18.7 Å². The molecule has 2 aromatic rings. The normalized spacial score (nSPS) is 10.6. The van der Waals surface area contributed by atoms with Crippen molar-refractivity contribution in [1.82, 2.24) is 0 Å². The Labute approximate surface area is 130 Å². The van der Waals surface area contributed by atoms with Crippen molar-refractivity contribution < 1.29 is 0 Å². The number of nitrogen functional groups attached to an aromatic ring is 1. The van der Waals surface area contributed by atoms with Gasteiger partial charge in [-0.25, -0.2) is 0 Å². The van der Waals surface area contributed by atoms with Crippen molar-refractivity contribution in [2.75, 3.05) is 17.2 Å². The minimum Gasteiger partial charge on any atom is -0.396 e. The Morgan fingerprint density at radius 1 is 1.10 bits per heavy atom. The lowest BCUT2D eigenvalue weighted by Gasteiger charge is -2.25. The second-order valence-electron chi connectivity index (χ2n) is 4.77. The van der Waals surface area contributed by atoms with E-state index in [0.29, 0.717) is 15.7 Å². The van der Waals surface area contributed by atoms with Gasteiger partial charge in [0.05, 0.1) is 15.7 Å². The molecule has 0 aromatic heterocycles. The Morgan fingerprint density at radius 3 is 2.25 bits per heavy atom.